The number of hydrogen-bond acceptors (Lipinski definition) is 2. The van der Waals surface area contributed by atoms with Crippen molar-refractivity contribution in [2.75, 3.05) is 39.3 Å². The molecule has 2 bridgehead atoms. The van der Waals surface area contributed by atoms with Crippen LogP contribution in [0.2, 0.25) is 10.0 Å². The van der Waals surface area contributed by atoms with Crippen molar-refractivity contribution in [3.05, 3.63) is 105 Å². The van der Waals surface area contributed by atoms with Gasteiger partial charge in [-0.15, -0.1) is 0 Å². The molecule has 47 heavy (non-hydrogen) atoms. The summed E-state index contributed by atoms with van der Waals surface area (Å²) in [7, 11) is 0. The summed E-state index contributed by atoms with van der Waals surface area (Å²) in [4.78, 5) is 14.4. The molecule has 4 aliphatic rings. The molecule has 0 radical (unpaired) electrons. The first-order valence-electron chi connectivity index (χ1n) is 15.2. The predicted octanol–water partition coefficient (Wildman–Crippen LogP) is 5.63. The van der Waals surface area contributed by atoms with Crippen molar-refractivity contribution in [3.63, 3.8) is 0 Å². The van der Waals surface area contributed by atoms with Crippen LogP contribution in [-0.4, -0.2) is 54.6 Å². The van der Waals surface area contributed by atoms with Crippen LogP contribution in [0.1, 0.15) is 53.5 Å². The number of halogens is 9. The van der Waals surface area contributed by atoms with Crippen LogP contribution in [0, 0.1) is 0 Å². The fraction of sp³-hybridized carbons (Fsp3) is 0.441. The van der Waals surface area contributed by atoms with E-state index in [4.69, 9.17) is 27.9 Å². The van der Waals surface area contributed by atoms with Gasteiger partial charge in [-0.3, -0.25) is 4.79 Å². The molecule has 13 heteroatoms. The maximum atomic E-state index is 13.6. The van der Waals surface area contributed by atoms with Gasteiger partial charge in [0.05, 0.1) is 53.9 Å². The number of amides is 1. The average Bonchev–Trinajstić information content (AvgIpc) is 3.03. The molecule has 4 fully saturated rings. The van der Waals surface area contributed by atoms with E-state index in [1.807, 2.05) is 6.07 Å². The molecule has 0 N–H and O–H groups in total. The van der Waals surface area contributed by atoms with Gasteiger partial charge in [0.2, 0.25) is 5.91 Å². The number of benzene rings is 3. The van der Waals surface area contributed by atoms with Crippen molar-refractivity contribution < 1.29 is 52.8 Å². The summed E-state index contributed by atoms with van der Waals surface area (Å²) in [5.74, 6) is -0.530. The number of piperidine rings is 3. The van der Waals surface area contributed by atoms with Crippen LogP contribution in [0.3, 0.4) is 0 Å². The quantitative estimate of drug-likeness (QED) is 0.234. The van der Waals surface area contributed by atoms with Crippen LogP contribution in [0.15, 0.2) is 66.7 Å². The maximum Gasteiger partial charge on any atom is 0.416 e. The Kier molecular flexibility index (Phi) is 9.96. The fourth-order valence-corrected chi connectivity index (χ4v) is 7.80. The predicted molar refractivity (Wildman–Crippen MR) is 162 cm³/mol. The number of alkyl halides is 6. The normalized spacial score (nSPS) is 26.3. The molecule has 4 heterocycles. The Balaban J connectivity index is 0.00000433. The van der Waals surface area contributed by atoms with E-state index in [9.17, 15) is 31.1 Å². The average molecular weight is 722 g/mol. The molecule has 7 rings (SSSR count). The highest BCUT2D eigenvalue weighted by molar-refractivity contribution is 6.42. The van der Waals surface area contributed by atoms with E-state index in [0.717, 1.165) is 49.9 Å². The molecular weight excluding hydrogens is 689 g/mol. The molecule has 4 aliphatic heterocycles. The van der Waals surface area contributed by atoms with Crippen molar-refractivity contribution >= 4 is 29.1 Å². The van der Waals surface area contributed by atoms with Gasteiger partial charge in [-0.05, 0) is 47.0 Å². The zero-order valence-electron chi connectivity index (χ0n) is 25.2. The SMILES string of the molecule is O=C1COC(CC[N+]23CCC(c4ccccc4)(CC2)CC3)(c2ccc(Cl)c(Cl)c2)CN1Cc1cc(C(F)(F)F)cc(C(F)(F)F)c1.[Cl-]. The second-order valence-electron chi connectivity index (χ2n) is 13.0. The van der Waals surface area contributed by atoms with E-state index in [1.54, 1.807) is 18.2 Å². The summed E-state index contributed by atoms with van der Waals surface area (Å²) in [5.41, 5.74) is -2.05. The molecule has 3 aromatic carbocycles. The van der Waals surface area contributed by atoms with Gasteiger partial charge in [-0.25, -0.2) is 0 Å². The molecular formula is C34H33Cl3F6N2O2. The number of carbonyl (C=O) groups excluding carboxylic acids is 1. The standard InChI is InChI=1S/C34H33Cl2F6N2O2.ClH/c35-28-7-6-25(19-29(28)36)32(11-15-44-12-8-31(9-13-44,10-14-44)24-4-2-1-3-5-24)22-43(30(45)21-46-32)20-23-16-26(33(37,38)39)18-27(17-23)34(40,41)42;/h1-7,16-19H,8-15,20-22H2;1H/q+1;/p-1. The first kappa shape index (κ1) is 35.8. The third-order valence-electron chi connectivity index (χ3n) is 10.3. The molecule has 1 amide bonds. The first-order valence-corrected chi connectivity index (χ1v) is 15.9. The van der Waals surface area contributed by atoms with Crippen molar-refractivity contribution in [1.29, 1.82) is 0 Å². The van der Waals surface area contributed by atoms with Crippen molar-refractivity contribution in [2.45, 2.75) is 55.6 Å². The van der Waals surface area contributed by atoms with E-state index in [2.05, 4.69) is 24.3 Å². The largest absolute Gasteiger partial charge is 1.00 e. The van der Waals surface area contributed by atoms with E-state index in [1.165, 1.54) is 10.5 Å². The summed E-state index contributed by atoms with van der Waals surface area (Å²) in [6.07, 6.45) is -6.41. The van der Waals surface area contributed by atoms with E-state index >= 15 is 0 Å². The lowest BCUT2D eigenvalue weighted by Gasteiger charge is -2.56. The monoisotopic (exact) mass is 720 g/mol. The Morgan fingerprint density at radius 2 is 1.38 bits per heavy atom. The van der Waals surface area contributed by atoms with Gasteiger partial charge in [0.1, 0.15) is 12.2 Å². The molecule has 0 spiro atoms. The van der Waals surface area contributed by atoms with Crippen molar-refractivity contribution in [1.82, 2.24) is 4.90 Å². The molecule has 4 saturated heterocycles. The smallest absolute Gasteiger partial charge is 0.416 e. The minimum atomic E-state index is -5.00. The highest BCUT2D eigenvalue weighted by atomic mass is 35.5. The second kappa shape index (κ2) is 13.1. The number of quaternary nitrogens is 1. The van der Waals surface area contributed by atoms with Crippen LogP contribution in [0.25, 0.3) is 0 Å². The van der Waals surface area contributed by atoms with Crippen molar-refractivity contribution in [2.24, 2.45) is 0 Å². The summed E-state index contributed by atoms with van der Waals surface area (Å²) in [5, 5.41) is 0.591. The number of carbonyl (C=O) groups is 1. The Labute approximate surface area is 285 Å². The number of nitrogens with zero attached hydrogens (tertiary/aromatic N) is 2. The Hall–Kier alpha value is -2.50. The van der Waals surface area contributed by atoms with Gasteiger partial charge in [-0.2, -0.15) is 26.3 Å². The molecule has 0 saturated carbocycles. The zero-order chi connectivity index (χ0) is 33.0. The summed E-state index contributed by atoms with van der Waals surface area (Å²) in [6, 6.07) is 17.0. The number of fused-ring (bicyclic) bond motifs is 3. The molecule has 4 nitrogen and oxygen atoms in total. The van der Waals surface area contributed by atoms with Crippen LogP contribution < -0.4 is 12.4 Å². The molecule has 0 aliphatic carbocycles. The Morgan fingerprint density at radius 1 is 0.787 bits per heavy atom. The third-order valence-corrected chi connectivity index (χ3v) is 11.0. The van der Waals surface area contributed by atoms with E-state index < -0.39 is 41.5 Å². The van der Waals surface area contributed by atoms with Gasteiger partial charge in [0, 0.05) is 37.6 Å². The number of morpholine rings is 1. The van der Waals surface area contributed by atoms with Crippen LogP contribution in [0.4, 0.5) is 26.3 Å². The van der Waals surface area contributed by atoms with Gasteiger partial charge < -0.3 is 26.5 Å². The van der Waals surface area contributed by atoms with E-state index in [-0.39, 0.29) is 47.6 Å². The fourth-order valence-electron chi connectivity index (χ4n) is 7.50. The lowest BCUT2D eigenvalue weighted by atomic mass is 9.66. The minimum absolute atomic E-state index is 0. The van der Waals surface area contributed by atoms with Crippen molar-refractivity contribution in [3.8, 4) is 0 Å². The van der Waals surface area contributed by atoms with Gasteiger partial charge in [-0.1, -0.05) is 59.6 Å². The molecule has 3 aromatic rings. The second-order valence-corrected chi connectivity index (χ2v) is 13.8. The third kappa shape index (κ3) is 7.27. The number of rotatable bonds is 7. The summed E-state index contributed by atoms with van der Waals surface area (Å²) in [6.45, 7) is 2.73. The molecule has 1 atom stereocenters. The van der Waals surface area contributed by atoms with E-state index in [0.29, 0.717) is 29.1 Å². The van der Waals surface area contributed by atoms with Crippen LogP contribution in [0.5, 0.6) is 0 Å². The lowest BCUT2D eigenvalue weighted by molar-refractivity contribution is -0.944. The maximum absolute atomic E-state index is 13.6. The number of ether oxygens (including phenoxy) is 1. The Bertz CT molecular complexity index is 1560. The molecule has 254 valence electrons. The number of hydrogen-bond donors (Lipinski definition) is 0. The first-order chi connectivity index (χ1) is 21.6. The summed E-state index contributed by atoms with van der Waals surface area (Å²) < 4.78 is 88.7. The zero-order valence-corrected chi connectivity index (χ0v) is 27.5. The molecule has 0 aromatic heterocycles. The Morgan fingerprint density at radius 3 is 1.94 bits per heavy atom. The van der Waals surface area contributed by atoms with Crippen LogP contribution in [-0.2, 0) is 39.4 Å². The van der Waals surface area contributed by atoms with Gasteiger partial charge in [0.15, 0.2) is 0 Å². The highest BCUT2D eigenvalue weighted by Gasteiger charge is 2.51. The van der Waals surface area contributed by atoms with Gasteiger partial charge >= 0.3 is 12.4 Å². The topological polar surface area (TPSA) is 29.5 Å². The van der Waals surface area contributed by atoms with Crippen LogP contribution >= 0.6 is 23.2 Å². The molecule has 1 unspecified atom stereocenters. The summed E-state index contributed by atoms with van der Waals surface area (Å²) >= 11 is 12.6. The lowest BCUT2D eigenvalue weighted by Crippen LogP contribution is -3.00. The minimum Gasteiger partial charge on any atom is -1.00 e. The van der Waals surface area contributed by atoms with Gasteiger partial charge in [0.25, 0.3) is 0 Å². The highest BCUT2D eigenvalue weighted by Crippen LogP contribution is 2.47.